The quantitative estimate of drug-likeness (QED) is 0.0683. The molecule has 0 saturated heterocycles. The normalized spacial score (nSPS) is 15.1. The molecular formula is C31H33N5O9. The molecule has 1 aliphatic heterocycles. The van der Waals surface area contributed by atoms with Crippen LogP contribution in [0.3, 0.4) is 0 Å². The molecule has 0 unspecified atom stereocenters. The molecule has 1 heterocycles. The van der Waals surface area contributed by atoms with Crippen molar-refractivity contribution in [2.24, 2.45) is 5.10 Å². The van der Waals surface area contributed by atoms with Gasteiger partial charge in [0.05, 0.1) is 36.5 Å². The van der Waals surface area contributed by atoms with E-state index in [1.807, 2.05) is 0 Å². The van der Waals surface area contributed by atoms with E-state index in [2.05, 4.69) is 21.2 Å². The van der Waals surface area contributed by atoms with Crippen LogP contribution in [0.4, 0.5) is 10.5 Å². The van der Waals surface area contributed by atoms with Crippen LogP contribution in [0.15, 0.2) is 83.1 Å². The van der Waals surface area contributed by atoms with Crippen LogP contribution in [-0.2, 0) is 16.1 Å². The van der Waals surface area contributed by atoms with Crippen LogP contribution in [-0.4, -0.2) is 54.8 Å². The Morgan fingerprint density at radius 3 is 2.60 bits per heavy atom. The number of allylic oxidation sites excluding steroid dienone is 1. The number of methoxy groups -OCH3 is 1. The van der Waals surface area contributed by atoms with Crippen LogP contribution in [0.5, 0.6) is 17.2 Å². The fraction of sp³-hybridized carbons (Fsp3) is 0.258. The maximum atomic E-state index is 12.4. The Kier molecular flexibility index (Phi) is 10.9. The third kappa shape index (κ3) is 8.70. The summed E-state index contributed by atoms with van der Waals surface area (Å²) in [5.41, 5.74) is 5.29. The van der Waals surface area contributed by atoms with E-state index in [1.165, 1.54) is 25.5 Å². The van der Waals surface area contributed by atoms with Gasteiger partial charge in [0, 0.05) is 17.8 Å². The first-order valence-electron chi connectivity index (χ1n) is 13.9. The molecule has 0 aliphatic carbocycles. The highest BCUT2D eigenvalue weighted by atomic mass is 16.6. The predicted octanol–water partition coefficient (Wildman–Crippen LogP) is 3.69. The van der Waals surface area contributed by atoms with Gasteiger partial charge in [0.2, 0.25) is 0 Å². The van der Waals surface area contributed by atoms with E-state index in [1.54, 1.807) is 68.4 Å². The lowest BCUT2D eigenvalue weighted by Gasteiger charge is -2.28. The summed E-state index contributed by atoms with van der Waals surface area (Å²) >= 11 is 0. The van der Waals surface area contributed by atoms with Crippen LogP contribution in [0.1, 0.15) is 36.6 Å². The second kappa shape index (κ2) is 15.2. The number of hydrogen-bond donors (Lipinski definition) is 4. The van der Waals surface area contributed by atoms with Crippen LogP contribution in [0.2, 0.25) is 0 Å². The number of amides is 2. The third-order valence-corrected chi connectivity index (χ3v) is 6.52. The number of nitro groups is 1. The molecular weight excluding hydrogens is 586 g/mol. The van der Waals surface area contributed by atoms with Gasteiger partial charge < -0.3 is 34.7 Å². The van der Waals surface area contributed by atoms with Crippen molar-refractivity contribution in [3.05, 3.63) is 105 Å². The summed E-state index contributed by atoms with van der Waals surface area (Å²) in [5, 5.41) is 30.6. The van der Waals surface area contributed by atoms with Gasteiger partial charge in [0.25, 0.3) is 5.69 Å². The lowest BCUT2D eigenvalue weighted by Crippen LogP contribution is -2.45. The smallest absolute Gasteiger partial charge is 0.337 e. The molecule has 14 nitrogen and oxygen atoms in total. The van der Waals surface area contributed by atoms with E-state index in [0.29, 0.717) is 40.7 Å². The second-order valence-electron chi connectivity index (χ2n) is 9.70. The number of nitrogens with zero attached hydrogens (tertiary/aromatic N) is 2. The molecule has 4 rings (SSSR count). The van der Waals surface area contributed by atoms with Crippen molar-refractivity contribution in [2.75, 3.05) is 20.3 Å². The fourth-order valence-corrected chi connectivity index (χ4v) is 4.39. The maximum absolute atomic E-state index is 12.4. The number of ether oxygens (including phenoxy) is 4. The highest BCUT2D eigenvalue weighted by Gasteiger charge is 2.32. The number of aliphatic hydroxyl groups is 1. The zero-order valence-electron chi connectivity index (χ0n) is 24.8. The average Bonchev–Trinajstić information content (AvgIpc) is 3.03. The monoisotopic (exact) mass is 619 g/mol. The van der Waals surface area contributed by atoms with Crippen molar-refractivity contribution in [3.63, 3.8) is 0 Å². The van der Waals surface area contributed by atoms with Crippen LogP contribution < -0.4 is 30.3 Å². The van der Waals surface area contributed by atoms with Gasteiger partial charge in [-0.1, -0.05) is 18.2 Å². The minimum atomic E-state index is -1.17. The molecule has 2 atom stereocenters. The number of non-ortho nitro benzene ring substituents is 1. The molecule has 1 aliphatic rings. The lowest BCUT2D eigenvalue weighted by atomic mass is 9.95. The van der Waals surface area contributed by atoms with Gasteiger partial charge in [-0.25, -0.2) is 9.59 Å². The summed E-state index contributed by atoms with van der Waals surface area (Å²) < 4.78 is 22.2. The molecule has 0 radical (unpaired) electrons. The number of carbonyl (C=O) groups excluding carboxylic acids is 2. The minimum Gasteiger partial charge on any atom is -0.490 e. The van der Waals surface area contributed by atoms with Gasteiger partial charge in [-0.2, -0.15) is 5.10 Å². The predicted molar refractivity (Wildman–Crippen MR) is 163 cm³/mol. The topological polar surface area (TPSA) is 183 Å². The Balaban J connectivity index is 1.34. The van der Waals surface area contributed by atoms with E-state index in [0.717, 1.165) is 5.56 Å². The maximum Gasteiger partial charge on any atom is 0.337 e. The number of hydrogen-bond acceptors (Lipinski definition) is 11. The molecule has 0 bridgehead atoms. The average molecular weight is 620 g/mol. The summed E-state index contributed by atoms with van der Waals surface area (Å²) in [5.74, 6) is 0.677. The molecule has 0 fully saturated rings. The lowest BCUT2D eigenvalue weighted by molar-refractivity contribution is -0.384. The molecule has 0 aromatic heterocycles. The van der Waals surface area contributed by atoms with E-state index in [4.69, 9.17) is 18.9 Å². The summed E-state index contributed by atoms with van der Waals surface area (Å²) in [7, 11) is 1.26. The fourth-order valence-electron chi connectivity index (χ4n) is 4.39. The highest BCUT2D eigenvalue weighted by molar-refractivity contribution is 5.95. The number of nitro benzene ring substituents is 1. The van der Waals surface area contributed by atoms with Crippen molar-refractivity contribution >= 4 is 23.9 Å². The second-order valence-corrected chi connectivity index (χ2v) is 9.70. The van der Waals surface area contributed by atoms with E-state index in [9.17, 15) is 24.8 Å². The first kappa shape index (κ1) is 32.3. The summed E-state index contributed by atoms with van der Waals surface area (Å²) in [4.78, 5) is 34.9. The van der Waals surface area contributed by atoms with Crippen molar-refractivity contribution in [1.29, 1.82) is 0 Å². The third-order valence-electron chi connectivity index (χ3n) is 6.52. The number of carbonyl (C=O) groups is 2. The van der Waals surface area contributed by atoms with Gasteiger partial charge in [0.1, 0.15) is 19.0 Å². The minimum absolute atomic E-state index is 0.0110. The van der Waals surface area contributed by atoms with E-state index < -0.39 is 29.2 Å². The summed E-state index contributed by atoms with van der Waals surface area (Å²) in [6.07, 6.45) is 0.335. The van der Waals surface area contributed by atoms with Crippen molar-refractivity contribution in [3.8, 4) is 17.2 Å². The molecule has 0 spiro atoms. The number of hydrazone groups is 1. The van der Waals surface area contributed by atoms with Crippen LogP contribution in [0, 0.1) is 10.1 Å². The Bertz CT molecular complexity index is 1590. The Morgan fingerprint density at radius 2 is 1.89 bits per heavy atom. The van der Waals surface area contributed by atoms with Gasteiger partial charge in [-0.05, 0) is 66.9 Å². The molecule has 14 heteroatoms. The number of rotatable bonds is 14. The first-order valence-corrected chi connectivity index (χ1v) is 13.9. The number of nitrogens with one attached hydrogen (secondary N) is 3. The van der Waals surface area contributed by atoms with Gasteiger partial charge in [-0.15, -0.1) is 0 Å². The summed E-state index contributed by atoms with van der Waals surface area (Å²) in [6.45, 7) is 3.79. The number of aliphatic hydroxyl groups excluding tert-OH is 1. The zero-order valence-corrected chi connectivity index (χ0v) is 24.8. The Hall–Kier alpha value is -5.63. The molecule has 45 heavy (non-hydrogen) atoms. The molecule has 3 aromatic rings. The molecule has 3 aromatic carbocycles. The Morgan fingerprint density at radius 1 is 1.11 bits per heavy atom. The molecule has 2 amide bonds. The van der Waals surface area contributed by atoms with Crippen molar-refractivity contribution in [1.82, 2.24) is 16.1 Å². The molecule has 0 saturated carbocycles. The number of benzene rings is 3. The zero-order chi connectivity index (χ0) is 32.3. The number of urea groups is 1. The van der Waals surface area contributed by atoms with Gasteiger partial charge in [-0.3, -0.25) is 15.5 Å². The standard InChI is InChI=1S/C31H33N5O9/c1-4-43-26-15-22(29-28(30(38)42-3)19(2)33-31(39)34-29)10-13-25(26)45-18-27(37)35-32-16-21-6-5-7-24(14-21)44-17-20-8-11-23(12-9-20)36(40)41/h5-16,27,29,35,37H,4,17-18H2,1-3H3,(H2,33,34,39)/b32-16+/t27-,29-/m0/s1. The number of esters is 1. The van der Waals surface area contributed by atoms with Crippen molar-refractivity contribution < 1.29 is 38.6 Å². The van der Waals surface area contributed by atoms with Crippen LogP contribution >= 0.6 is 0 Å². The SMILES string of the molecule is CCOc1cc([C@@H]2NC(=O)NC(C)=C2C(=O)OC)ccc1OC[C@H](O)N/N=C/c1cccc(OCc2ccc([N+](=O)[O-])cc2)c1. The Labute approximate surface area is 258 Å². The van der Waals surface area contributed by atoms with Crippen LogP contribution in [0.25, 0.3) is 0 Å². The van der Waals surface area contributed by atoms with Crippen molar-refractivity contribution in [2.45, 2.75) is 32.7 Å². The van der Waals surface area contributed by atoms with E-state index in [-0.39, 0.29) is 24.5 Å². The largest absolute Gasteiger partial charge is 0.490 e. The summed E-state index contributed by atoms with van der Waals surface area (Å²) in [6, 6.07) is 16.9. The van der Waals surface area contributed by atoms with Gasteiger partial charge in [0.15, 0.2) is 17.7 Å². The molecule has 4 N–H and O–H groups in total. The first-order chi connectivity index (χ1) is 21.7. The van der Waals surface area contributed by atoms with E-state index >= 15 is 0 Å². The van der Waals surface area contributed by atoms with Gasteiger partial charge >= 0.3 is 12.0 Å². The molecule has 236 valence electrons. The highest BCUT2D eigenvalue weighted by Crippen LogP contribution is 2.35.